The molecule has 0 spiro atoms. The van der Waals surface area contributed by atoms with Gasteiger partial charge in [0.15, 0.2) is 5.71 Å². The van der Waals surface area contributed by atoms with Crippen molar-refractivity contribution in [1.82, 2.24) is 10.2 Å². The summed E-state index contributed by atoms with van der Waals surface area (Å²) in [5.74, 6) is -2.38. The van der Waals surface area contributed by atoms with Crippen LogP contribution < -0.4 is 11.1 Å². The van der Waals surface area contributed by atoms with Gasteiger partial charge in [0.2, 0.25) is 0 Å². The van der Waals surface area contributed by atoms with E-state index in [2.05, 4.69) is 15.2 Å². The van der Waals surface area contributed by atoms with Gasteiger partial charge >= 0.3 is 12.1 Å². The lowest BCUT2D eigenvalue weighted by atomic mass is 10.0. The lowest BCUT2D eigenvalue weighted by molar-refractivity contribution is -0.150. The quantitative estimate of drug-likeness (QED) is 0.304. The number of benzene rings is 1. The number of nitrogens with two attached hydrogens (primary N) is 1. The first-order valence-corrected chi connectivity index (χ1v) is 9.69. The molecule has 2 aliphatic rings. The highest BCUT2D eigenvalue weighted by Gasteiger charge is 2.54. The zero-order valence-corrected chi connectivity index (χ0v) is 16.5. The fourth-order valence-corrected chi connectivity index (χ4v) is 4.40. The molecule has 158 valence electrons. The van der Waals surface area contributed by atoms with Gasteiger partial charge in [0.05, 0.1) is 0 Å². The van der Waals surface area contributed by atoms with Crippen LogP contribution in [-0.4, -0.2) is 70.5 Å². The highest BCUT2D eigenvalue weighted by molar-refractivity contribution is 8.00. The number of thioether (sulfide) groups is 1. The van der Waals surface area contributed by atoms with E-state index >= 15 is 0 Å². The average Bonchev–Trinajstić information content (AvgIpc) is 2.73. The molecule has 0 aliphatic carbocycles. The van der Waals surface area contributed by atoms with Crippen LogP contribution in [-0.2, 0) is 24.0 Å². The van der Waals surface area contributed by atoms with Gasteiger partial charge in [0, 0.05) is 16.9 Å². The molecule has 2 aliphatic heterocycles. The number of oxime groups is 1. The Hall–Kier alpha value is -3.54. The van der Waals surface area contributed by atoms with Crippen LogP contribution in [0.3, 0.4) is 0 Å². The third-order valence-electron chi connectivity index (χ3n) is 4.37. The van der Waals surface area contributed by atoms with Crippen molar-refractivity contribution in [2.24, 2.45) is 10.9 Å². The predicted octanol–water partition coefficient (Wildman–Crippen LogP) is -0.129. The van der Waals surface area contributed by atoms with Crippen molar-refractivity contribution in [3.8, 4) is 0 Å². The number of aliphatic carboxylic acids is 1. The van der Waals surface area contributed by atoms with Crippen LogP contribution >= 0.6 is 11.8 Å². The molecule has 1 aromatic rings. The highest BCUT2D eigenvalue weighted by atomic mass is 32.2. The molecule has 2 atom stereocenters. The predicted molar refractivity (Wildman–Crippen MR) is 105 cm³/mol. The summed E-state index contributed by atoms with van der Waals surface area (Å²) in [5.41, 5.74) is 5.37. The second-order valence-electron chi connectivity index (χ2n) is 6.21. The minimum absolute atomic E-state index is 0.0188. The van der Waals surface area contributed by atoms with E-state index in [4.69, 9.17) is 10.6 Å². The van der Waals surface area contributed by atoms with Gasteiger partial charge < -0.3 is 25.7 Å². The van der Waals surface area contributed by atoms with E-state index in [1.807, 2.05) is 0 Å². The fraction of sp³-hybridized carbons (Fsp3) is 0.278. The summed E-state index contributed by atoms with van der Waals surface area (Å²) in [6.45, 7) is -0.337. The number of ether oxygens (including phenoxy) is 1. The zero-order valence-electron chi connectivity index (χ0n) is 15.7. The molecule has 3 rings (SSSR count). The third kappa shape index (κ3) is 4.08. The topological polar surface area (TPSA) is 161 Å². The Balaban J connectivity index is 1.77. The molecule has 0 aromatic heterocycles. The molecular weight excluding hydrogens is 416 g/mol. The van der Waals surface area contributed by atoms with Gasteiger partial charge in [-0.25, -0.2) is 9.59 Å². The van der Waals surface area contributed by atoms with Gasteiger partial charge in [-0.2, -0.15) is 0 Å². The lowest BCUT2D eigenvalue weighted by Gasteiger charge is -2.49. The summed E-state index contributed by atoms with van der Waals surface area (Å²) in [6.07, 6.45) is -1.05. The first-order valence-electron chi connectivity index (χ1n) is 8.64. The van der Waals surface area contributed by atoms with Crippen LogP contribution in [0.5, 0.6) is 0 Å². The molecule has 4 N–H and O–H groups in total. The molecular formula is C18H18N4O7S. The Bertz CT molecular complexity index is 947. The Labute approximate surface area is 174 Å². The number of amides is 3. The number of rotatable bonds is 7. The number of hydrogen-bond acceptors (Lipinski definition) is 8. The maximum atomic E-state index is 12.7. The summed E-state index contributed by atoms with van der Waals surface area (Å²) >= 11 is 1.23. The number of nitrogens with one attached hydrogen (secondary N) is 1. The molecule has 1 saturated heterocycles. The van der Waals surface area contributed by atoms with Crippen LogP contribution in [0.1, 0.15) is 5.56 Å². The van der Waals surface area contributed by atoms with E-state index in [0.717, 1.165) is 4.90 Å². The molecule has 3 amide bonds. The first kappa shape index (κ1) is 21.2. The third-order valence-corrected chi connectivity index (χ3v) is 5.71. The number of carbonyl (C=O) groups excluding carboxylic acids is 3. The monoisotopic (exact) mass is 434 g/mol. The molecule has 11 nitrogen and oxygen atoms in total. The van der Waals surface area contributed by atoms with Gasteiger partial charge in [-0.15, -0.1) is 11.8 Å². The van der Waals surface area contributed by atoms with Gasteiger partial charge in [-0.05, 0) is 0 Å². The SMILES string of the molecule is CO/N=C(/C(=O)N[C@@H]1C(=O)N2C(C(=O)O)=C(COC(N)=O)CS[C@H]12)c1ccccc1. The van der Waals surface area contributed by atoms with Crippen LogP contribution in [0.15, 0.2) is 46.8 Å². The Morgan fingerprint density at radius 2 is 2.03 bits per heavy atom. The summed E-state index contributed by atoms with van der Waals surface area (Å²) in [6, 6.07) is 7.61. The van der Waals surface area contributed by atoms with Gasteiger partial charge in [0.1, 0.15) is 30.8 Å². The second kappa shape index (κ2) is 8.86. The summed E-state index contributed by atoms with van der Waals surface area (Å²) in [4.78, 5) is 53.7. The van der Waals surface area contributed by atoms with Crippen molar-refractivity contribution in [2.45, 2.75) is 11.4 Å². The number of carboxylic acids is 1. The number of fused-ring (bicyclic) bond motifs is 1. The van der Waals surface area contributed by atoms with Crippen molar-refractivity contribution in [3.63, 3.8) is 0 Å². The smallest absolute Gasteiger partial charge is 0.404 e. The molecule has 1 fully saturated rings. The summed E-state index contributed by atoms with van der Waals surface area (Å²) in [5, 5.41) is 15.2. The molecule has 0 radical (unpaired) electrons. The zero-order chi connectivity index (χ0) is 21.8. The van der Waals surface area contributed by atoms with E-state index < -0.39 is 35.3 Å². The molecule has 1 aromatic carbocycles. The number of β-lactam (4-membered cyclic amide) rings is 1. The van der Waals surface area contributed by atoms with Crippen molar-refractivity contribution in [1.29, 1.82) is 0 Å². The van der Waals surface area contributed by atoms with E-state index in [1.54, 1.807) is 30.3 Å². The standard InChI is InChI=1S/C18H18N4O7S/c1-28-21-11(9-5-3-2-4-6-9)14(23)20-12-15(24)22-13(17(25)26)10(7-29-18(19)27)8-30-16(12)22/h2-6,12,16H,7-8H2,1H3,(H2,19,27)(H,20,23)(H,25,26)/b21-11+/t12-,16-/m1/s1. The van der Waals surface area contributed by atoms with E-state index in [0.29, 0.717) is 5.56 Å². The van der Waals surface area contributed by atoms with E-state index in [1.165, 1.54) is 18.9 Å². The molecule has 0 saturated carbocycles. The molecule has 0 bridgehead atoms. The maximum Gasteiger partial charge on any atom is 0.404 e. The normalized spacial score (nSPS) is 20.8. The minimum Gasteiger partial charge on any atom is -0.477 e. The van der Waals surface area contributed by atoms with Crippen LogP contribution in [0.25, 0.3) is 0 Å². The van der Waals surface area contributed by atoms with Crippen LogP contribution in [0, 0.1) is 0 Å². The number of carbonyl (C=O) groups is 4. The van der Waals surface area contributed by atoms with Gasteiger partial charge in [-0.1, -0.05) is 35.5 Å². The highest BCUT2D eigenvalue weighted by Crippen LogP contribution is 2.40. The Kier molecular flexibility index (Phi) is 6.26. The first-order chi connectivity index (χ1) is 14.3. The van der Waals surface area contributed by atoms with Gasteiger partial charge in [0.25, 0.3) is 11.8 Å². The van der Waals surface area contributed by atoms with E-state index in [-0.39, 0.29) is 29.3 Å². The number of primary amides is 1. The van der Waals surface area contributed by atoms with Crippen molar-refractivity contribution in [3.05, 3.63) is 47.2 Å². The van der Waals surface area contributed by atoms with Crippen molar-refractivity contribution >= 4 is 41.4 Å². The average molecular weight is 434 g/mol. The summed E-state index contributed by atoms with van der Waals surface area (Å²) < 4.78 is 4.67. The largest absolute Gasteiger partial charge is 0.477 e. The van der Waals surface area contributed by atoms with Crippen molar-refractivity contribution < 1.29 is 33.9 Å². The number of hydrogen-bond donors (Lipinski definition) is 3. The Morgan fingerprint density at radius 3 is 2.63 bits per heavy atom. The Morgan fingerprint density at radius 1 is 1.33 bits per heavy atom. The molecule has 0 unspecified atom stereocenters. The van der Waals surface area contributed by atoms with Crippen LogP contribution in [0.2, 0.25) is 0 Å². The summed E-state index contributed by atoms with van der Waals surface area (Å²) in [7, 11) is 1.29. The fourth-order valence-electron chi connectivity index (χ4n) is 3.07. The maximum absolute atomic E-state index is 12.7. The van der Waals surface area contributed by atoms with Crippen molar-refractivity contribution in [2.75, 3.05) is 19.5 Å². The number of nitrogens with zero attached hydrogens (tertiary/aromatic N) is 2. The van der Waals surface area contributed by atoms with Gasteiger partial charge in [-0.3, -0.25) is 14.5 Å². The van der Waals surface area contributed by atoms with E-state index in [9.17, 15) is 24.3 Å². The molecule has 12 heteroatoms. The number of carboxylic acid groups (broad SMARTS) is 1. The molecule has 2 heterocycles. The second-order valence-corrected chi connectivity index (χ2v) is 7.32. The lowest BCUT2D eigenvalue weighted by Crippen LogP contribution is -2.71. The van der Waals surface area contributed by atoms with Crippen LogP contribution in [0.4, 0.5) is 4.79 Å². The molecule has 30 heavy (non-hydrogen) atoms. The minimum atomic E-state index is -1.34.